The van der Waals surface area contributed by atoms with Gasteiger partial charge in [-0.05, 0) is 99.5 Å². The molecule has 1 aliphatic heterocycles. The molecule has 352 valence electrons. The van der Waals surface area contributed by atoms with E-state index in [2.05, 4.69) is 264 Å². The predicted octanol–water partition coefficient (Wildman–Crippen LogP) is 17.9. The number of hydrogen-bond acceptors (Lipinski definition) is 4. The summed E-state index contributed by atoms with van der Waals surface area (Å²) in [5.41, 5.74) is 19.0. The van der Waals surface area contributed by atoms with E-state index in [0.29, 0.717) is 22.7 Å². The maximum Gasteiger partial charge on any atom is 0.166 e. The summed E-state index contributed by atoms with van der Waals surface area (Å²) in [5.74, 6) is 1.89. The first-order valence-electron chi connectivity index (χ1n) is 25.6. The van der Waals surface area contributed by atoms with Crippen molar-refractivity contribution in [3.63, 3.8) is 0 Å². The minimum absolute atomic E-state index is 0.365. The summed E-state index contributed by atoms with van der Waals surface area (Å²) >= 11 is 1.92. The molecule has 0 saturated heterocycles. The normalized spacial score (nSPS) is 13.9. The van der Waals surface area contributed by atoms with Crippen LogP contribution >= 0.6 is 11.8 Å². The summed E-state index contributed by atoms with van der Waals surface area (Å²) in [6.07, 6.45) is 7.73. The van der Waals surface area contributed by atoms with Crippen molar-refractivity contribution in [2.24, 2.45) is 0 Å². The molecule has 1 unspecified atom stereocenters. The van der Waals surface area contributed by atoms with Crippen LogP contribution < -0.4 is 0 Å². The number of nitrogens with zero attached hydrogens (tertiary/aromatic N) is 5. The molecule has 2 aliphatic rings. The van der Waals surface area contributed by atoms with Gasteiger partial charge in [0.1, 0.15) is 0 Å². The Balaban J connectivity index is 0.985. The van der Waals surface area contributed by atoms with E-state index in [0.717, 1.165) is 67.8 Å². The summed E-state index contributed by atoms with van der Waals surface area (Å²) in [5, 5.41) is 5.17. The van der Waals surface area contributed by atoms with E-state index in [4.69, 9.17) is 15.0 Å². The summed E-state index contributed by atoms with van der Waals surface area (Å²) in [7, 11) is 0. The number of para-hydroxylation sites is 3. The van der Waals surface area contributed by atoms with Crippen molar-refractivity contribution >= 4 is 60.9 Å². The molecule has 0 bridgehead atoms. The standard InChI is InChI=1S/C69H45N5S/c1-4-19-44(20-5-1)46-37-39-47(40-38-46)67-70-68(72-69(71-67)57-31-16-30-53-50-25-12-15-36-63(50)75-66(53)57)56-42-41-48(45-21-6-2-7-22-45)43-62(56)74-59-33-14-11-27-55(59)65-52(29-18-35-61(65)74)51-28-17-34-60-64(51)54-26-10-13-32-58(54)73(60)49-23-8-3-9-24-49/h1-35,37-43,63H,36H2. The Morgan fingerprint density at radius 3 is 1.56 bits per heavy atom. The molecule has 4 heterocycles. The highest BCUT2D eigenvalue weighted by Crippen LogP contribution is 2.52. The van der Waals surface area contributed by atoms with Crippen molar-refractivity contribution in [1.29, 1.82) is 0 Å². The van der Waals surface area contributed by atoms with Crippen molar-refractivity contribution in [2.45, 2.75) is 16.6 Å². The monoisotopic (exact) mass is 975 g/mol. The Morgan fingerprint density at radius 1 is 0.373 bits per heavy atom. The zero-order valence-electron chi connectivity index (χ0n) is 40.7. The molecule has 0 saturated carbocycles. The molecule has 1 aliphatic carbocycles. The fourth-order valence-electron chi connectivity index (χ4n) is 11.7. The first kappa shape index (κ1) is 43.2. The maximum atomic E-state index is 5.56. The van der Waals surface area contributed by atoms with Crippen LogP contribution in [0.1, 0.15) is 12.0 Å². The van der Waals surface area contributed by atoms with Gasteiger partial charge in [-0.2, -0.15) is 0 Å². The molecule has 5 nitrogen and oxygen atoms in total. The van der Waals surface area contributed by atoms with Gasteiger partial charge in [0.25, 0.3) is 0 Å². The van der Waals surface area contributed by atoms with E-state index in [1.165, 1.54) is 59.7 Å². The molecule has 0 fully saturated rings. The zero-order chi connectivity index (χ0) is 49.4. The van der Waals surface area contributed by atoms with E-state index in [1.54, 1.807) is 0 Å². The van der Waals surface area contributed by atoms with Crippen molar-refractivity contribution in [1.82, 2.24) is 24.1 Å². The Hall–Kier alpha value is -9.36. The smallest absolute Gasteiger partial charge is 0.166 e. The van der Waals surface area contributed by atoms with Crippen LogP contribution in [0.3, 0.4) is 0 Å². The van der Waals surface area contributed by atoms with Gasteiger partial charge in [0.15, 0.2) is 17.5 Å². The molecule has 0 amide bonds. The van der Waals surface area contributed by atoms with Gasteiger partial charge in [0.05, 0.1) is 27.8 Å². The van der Waals surface area contributed by atoms with E-state index in [1.807, 2.05) is 11.8 Å². The third kappa shape index (κ3) is 7.13. The molecular formula is C69H45N5S. The molecule has 13 aromatic rings. The lowest BCUT2D eigenvalue weighted by molar-refractivity contribution is 1.06. The number of hydrogen-bond donors (Lipinski definition) is 0. The molecule has 0 spiro atoms. The molecule has 10 aromatic carbocycles. The predicted molar refractivity (Wildman–Crippen MR) is 313 cm³/mol. The van der Waals surface area contributed by atoms with Gasteiger partial charge >= 0.3 is 0 Å². The average molecular weight is 976 g/mol. The second-order valence-electron chi connectivity index (χ2n) is 19.4. The highest BCUT2D eigenvalue weighted by atomic mass is 32.2. The molecule has 0 N–H and O–H groups in total. The van der Waals surface area contributed by atoms with Crippen molar-refractivity contribution in [3.05, 3.63) is 260 Å². The number of fused-ring (bicyclic) bond motifs is 9. The largest absolute Gasteiger partial charge is 0.309 e. The molecule has 3 aromatic heterocycles. The van der Waals surface area contributed by atoms with E-state index < -0.39 is 0 Å². The van der Waals surface area contributed by atoms with Gasteiger partial charge in [0.2, 0.25) is 0 Å². The van der Waals surface area contributed by atoms with Gasteiger partial charge in [-0.25, -0.2) is 15.0 Å². The third-order valence-electron chi connectivity index (χ3n) is 15.1. The van der Waals surface area contributed by atoms with Crippen LogP contribution in [-0.4, -0.2) is 29.3 Å². The van der Waals surface area contributed by atoms with Crippen molar-refractivity contribution in [2.75, 3.05) is 0 Å². The van der Waals surface area contributed by atoms with Crippen molar-refractivity contribution < 1.29 is 0 Å². The van der Waals surface area contributed by atoms with E-state index in [-0.39, 0.29) is 0 Å². The van der Waals surface area contributed by atoms with Crippen LogP contribution in [0.15, 0.2) is 260 Å². The SMILES string of the molecule is C1=CCC2Sc3c(cccc3-c3nc(-c4ccc(-c5ccccc5)cc4)nc(-c4ccc(-c5ccccc5)cc4-n4c5ccccc5c5c(-c6cccc7c6c6ccccc6n7-c6ccccc6)cccc54)n3)C2=C1. The Morgan fingerprint density at radius 2 is 0.867 bits per heavy atom. The second-order valence-corrected chi connectivity index (χ2v) is 20.6. The summed E-state index contributed by atoms with van der Waals surface area (Å²) in [6.45, 7) is 0. The van der Waals surface area contributed by atoms with Crippen LogP contribution in [0, 0.1) is 0 Å². The highest BCUT2D eigenvalue weighted by Gasteiger charge is 2.31. The molecule has 0 radical (unpaired) electrons. The number of allylic oxidation sites excluding steroid dienone is 3. The number of rotatable bonds is 8. The molecule has 1 atom stereocenters. The van der Waals surface area contributed by atoms with Gasteiger partial charge in [0, 0.05) is 54.1 Å². The van der Waals surface area contributed by atoms with Crippen LogP contribution in [0.4, 0.5) is 0 Å². The minimum Gasteiger partial charge on any atom is -0.309 e. The summed E-state index contributed by atoms with van der Waals surface area (Å²) in [4.78, 5) is 17.7. The van der Waals surface area contributed by atoms with Gasteiger partial charge < -0.3 is 9.13 Å². The topological polar surface area (TPSA) is 48.5 Å². The highest BCUT2D eigenvalue weighted by molar-refractivity contribution is 8.01. The molecular weight excluding hydrogens is 931 g/mol. The molecule has 75 heavy (non-hydrogen) atoms. The van der Waals surface area contributed by atoms with Crippen LogP contribution in [-0.2, 0) is 0 Å². The fraction of sp³-hybridized carbons (Fsp3) is 0.0290. The number of benzene rings is 10. The second kappa shape index (κ2) is 17.7. The third-order valence-corrected chi connectivity index (χ3v) is 16.5. The average Bonchev–Trinajstić information content (AvgIpc) is 4.16. The Kier molecular flexibility index (Phi) is 10.2. The van der Waals surface area contributed by atoms with Gasteiger partial charge in [-0.15, -0.1) is 11.8 Å². The maximum absolute atomic E-state index is 5.56. The summed E-state index contributed by atoms with van der Waals surface area (Å²) in [6, 6.07) is 85.1. The van der Waals surface area contributed by atoms with E-state index in [9.17, 15) is 0 Å². The van der Waals surface area contributed by atoms with Crippen LogP contribution in [0.5, 0.6) is 0 Å². The number of aromatic nitrogens is 5. The summed E-state index contributed by atoms with van der Waals surface area (Å²) < 4.78 is 4.85. The van der Waals surface area contributed by atoms with Crippen LogP contribution in [0.2, 0.25) is 0 Å². The first-order chi connectivity index (χ1) is 37.2. The minimum atomic E-state index is 0.365. The molecule has 6 heteroatoms. The Labute approximate surface area is 438 Å². The lowest BCUT2D eigenvalue weighted by atomic mass is 9.95. The van der Waals surface area contributed by atoms with Gasteiger partial charge in [-0.3, -0.25) is 0 Å². The van der Waals surface area contributed by atoms with Gasteiger partial charge in [-0.1, -0.05) is 206 Å². The molecule has 15 rings (SSSR count). The zero-order valence-corrected chi connectivity index (χ0v) is 41.5. The lowest BCUT2D eigenvalue weighted by Crippen LogP contribution is -2.04. The lowest BCUT2D eigenvalue weighted by Gasteiger charge is -2.17. The fourth-order valence-corrected chi connectivity index (χ4v) is 13.1. The van der Waals surface area contributed by atoms with Crippen molar-refractivity contribution in [3.8, 4) is 78.9 Å². The quantitative estimate of drug-likeness (QED) is 0.152. The van der Waals surface area contributed by atoms with E-state index >= 15 is 0 Å². The Bertz CT molecular complexity index is 4460. The van der Waals surface area contributed by atoms with Crippen LogP contribution in [0.25, 0.3) is 128 Å². The first-order valence-corrected chi connectivity index (χ1v) is 26.5. The number of thioether (sulfide) groups is 1.